The first-order valence-electron chi connectivity index (χ1n) is 7.42. The summed E-state index contributed by atoms with van der Waals surface area (Å²) in [6.07, 6.45) is 2.34. The van der Waals surface area contributed by atoms with Crippen LogP contribution in [-0.4, -0.2) is 23.3 Å². The molecule has 0 amide bonds. The Balaban J connectivity index is 1.50. The average Bonchev–Trinajstić information content (AvgIpc) is 3.11. The summed E-state index contributed by atoms with van der Waals surface area (Å²) in [5.74, 6) is 2.42. The van der Waals surface area contributed by atoms with Gasteiger partial charge in [0.05, 0.1) is 6.61 Å². The zero-order valence-electron chi connectivity index (χ0n) is 12.5. The van der Waals surface area contributed by atoms with Gasteiger partial charge in [0.1, 0.15) is 5.75 Å². The van der Waals surface area contributed by atoms with Gasteiger partial charge in [-0.25, -0.2) is 0 Å². The number of nitrogens with zero attached hydrogens (tertiary/aromatic N) is 2. The molecule has 0 unspecified atom stereocenters. The molecule has 5 nitrogen and oxygen atoms in total. The molecule has 1 aliphatic rings. The summed E-state index contributed by atoms with van der Waals surface area (Å²) in [6.45, 7) is 5.61. The van der Waals surface area contributed by atoms with E-state index in [-0.39, 0.29) is 11.3 Å². The highest BCUT2D eigenvalue weighted by Crippen LogP contribution is 2.45. The number of ether oxygens (including phenoxy) is 1. The van der Waals surface area contributed by atoms with Crippen LogP contribution in [0, 0.1) is 5.41 Å². The van der Waals surface area contributed by atoms with E-state index >= 15 is 0 Å². The maximum Gasteiger partial charge on any atom is 0.263 e. The summed E-state index contributed by atoms with van der Waals surface area (Å²) in [6, 6.07) is 9.93. The molecule has 0 spiro atoms. The SMILES string of the molecule is CC(C)c1nc(NCC2(COc3ccccc3)CC2)no1. The lowest BCUT2D eigenvalue weighted by atomic mass is 10.1. The van der Waals surface area contributed by atoms with E-state index in [2.05, 4.69) is 15.5 Å². The van der Waals surface area contributed by atoms with Crippen molar-refractivity contribution in [2.24, 2.45) is 5.41 Å². The van der Waals surface area contributed by atoms with E-state index in [0.29, 0.717) is 11.8 Å². The highest BCUT2D eigenvalue weighted by Gasteiger charge is 2.43. The van der Waals surface area contributed by atoms with E-state index in [0.717, 1.165) is 18.9 Å². The molecule has 1 saturated carbocycles. The Morgan fingerprint density at radius 3 is 2.67 bits per heavy atom. The second-order valence-electron chi connectivity index (χ2n) is 6.07. The van der Waals surface area contributed by atoms with Crippen molar-refractivity contribution in [3.63, 3.8) is 0 Å². The lowest BCUT2D eigenvalue weighted by molar-refractivity contribution is 0.242. The van der Waals surface area contributed by atoms with Crippen LogP contribution in [0.15, 0.2) is 34.9 Å². The van der Waals surface area contributed by atoms with Gasteiger partial charge in [0, 0.05) is 17.9 Å². The molecule has 3 rings (SSSR count). The van der Waals surface area contributed by atoms with Crippen LogP contribution in [0.5, 0.6) is 5.75 Å². The molecule has 1 N–H and O–H groups in total. The zero-order valence-corrected chi connectivity index (χ0v) is 12.5. The van der Waals surface area contributed by atoms with Gasteiger partial charge in [0.25, 0.3) is 5.95 Å². The molecule has 5 heteroatoms. The third-order valence-electron chi connectivity index (χ3n) is 3.80. The Labute approximate surface area is 124 Å². The second-order valence-corrected chi connectivity index (χ2v) is 6.07. The van der Waals surface area contributed by atoms with Crippen LogP contribution in [0.3, 0.4) is 0 Å². The molecule has 112 valence electrons. The zero-order chi connectivity index (χ0) is 14.7. The van der Waals surface area contributed by atoms with Crippen molar-refractivity contribution in [2.75, 3.05) is 18.5 Å². The Bertz CT molecular complexity index is 576. The van der Waals surface area contributed by atoms with Crippen LogP contribution in [-0.2, 0) is 0 Å². The fraction of sp³-hybridized carbons (Fsp3) is 0.500. The summed E-state index contributed by atoms with van der Waals surface area (Å²) in [5.41, 5.74) is 0.203. The van der Waals surface area contributed by atoms with E-state index < -0.39 is 0 Å². The van der Waals surface area contributed by atoms with Gasteiger partial charge in [-0.3, -0.25) is 0 Å². The maximum atomic E-state index is 5.86. The third kappa shape index (κ3) is 3.54. The molecule has 0 saturated heterocycles. The van der Waals surface area contributed by atoms with Crippen molar-refractivity contribution >= 4 is 5.95 Å². The van der Waals surface area contributed by atoms with Gasteiger partial charge < -0.3 is 14.6 Å². The first-order valence-corrected chi connectivity index (χ1v) is 7.42. The number of nitrogens with one attached hydrogen (secondary N) is 1. The molecule has 21 heavy (non-hydrogen) atoms. The van der Waals surface area contributed by atoms with Crippen molar-refractivity contribution in [1.82, 2.24) is 10.1 Å². The molecule has 1 aliphatic carbocycles. The van der Waals surface area contributed by atoms with Crippen LogP contribution in [0.1, 0.15) is 38.5 Å². The van der Waals surface area contributed by atoms with Gasteiger partial charge in [0.15, 0.2) is 0 Å². The van der Waals surface area contributed by atoms with Crippen LogP contribution in [0.2, 0.25) is 0 Å². The Morgan fingerprint density at radius 1 is 1.29 bits per heavy atom. The number of aromatic nitrogens is 2. The molecule has 1 heterocycles. The molecule has 0 radical (unpaired) electrons. The lowest BCUT2D eigenvalue weighted by Gasteiger charge is -2.16. The third-order valence-corrected chi connectivity index (χ3v) is 3.80. The van der Waals surface area contributed by atoms with Gasteiger partial charge in [-0.2, -0.15) is 4.98 Å². The fourth-order valence-electron chi connectivity index (χ4n) is 2.11. The van der Waals surface area contributed by atoms with Gasteiger partial charge in [0.2, 0.25) is 5.89 Å². The van der Waals surface area contributed by atoms with Gasteiger partial charge in [-0.05, 0) is 30.1 Å². The summed E-state index contributed by atoms with van der Waals surface area (Å²) in [7, 11) is 0. The number of para-hydroxylation sites is 1. The van der Waals surface area contributed by atoms with Crippen molar-refractivity contribution in [3.8, 4) is 5.75 Å². The minimum atomic E-state index is 0.203. The fourth-order valence-corrected chi connectivity index (χ4v) is 2.11. The van der Waals surface area contributed by atoms with Crippen molar-refractivity contribution in [3.05, 3.63) is 36.2 Å². The van der Waals surface area contributed by atoms with Crippen LogP contribution >= 0.6 is 0 Å². The molecule has 1 aromatic heterocycles. The van der Waals surface area contributed by atoms with Gasteiger partial charge in [-0.15, -0.1) is 0 Å². The predicted octanol–water partition coefficient (Wildman–Crippen LogP) is 3.46. The van der Waals surface area contributed by atoms with Gasteiger partial charge >= 0.3 is 0 Å². The van der Waals surface area contributed by atoms with E-state index in [1.165, 1.54) is 12.8 Å². The summed E-state index contributed by atoms with van der Waals surface area (Å²) in [4.78, 5) is 4.33. The standard InChI is InChI=1S/C16H21N3O2/c1-12(2)14-18-15(19-21-14)17-10-16(8-9-16)11-20-13-6-4-3-5-7-13/h3-7,12H,8-11H2,1-2H3,(H,17,19). The molecule has 1 fully saturated rings. The van der Waals surface area contributed by atoms with E-state index in [9.17, 15) is 0 Å². The highest BCUT2D eigenvalue weighted by molar-refractivity contribution is 5.25. The molecule has 0 aliphatic heterocycles. The normalized spacial score (nSPS) is 16.0. The van der Waals surface area contributed by atoms with E-state index in [4.69, 9.17) is 9.26 Å². The Kier molecular flexibility index (Phi) is 3.82. The number of hydrogen-bond donors (Lipinski definition) is 1. The predicted molar refractivity (Wildman–Crippen MR) is 80.5 cm³/mol. The quantitative estimate of drug-likeness (QED) is 0.845. The first kappa shape index (κ1) is 13.9. The Morgan fingerprint density at radius 2 is 2.05 bits per heavy atom. The highest BCUT2D eigenvalue weighted by atomic mass is 16.5. The van der Waals surface area contributed by atoms with Crippen LogP contribution < -0.4 is 10.1 Å². The molecule has 0 bridgehead atoms. The second kappa shape index (κ2) is 5.76. The summed E-state index contributed by atoms with van der Waals surface area (Å²) >= 11 is 0. The maximum absolute atomic E-state index is 5.86. The summed E-state index contributed by atoms with van der Waals surface area (Å²) in [5, 5.41) is 7.21. The van der Waals surface area contributed by atoms with Crippen molar-refractivity contribution in [2.45, 2.75) is 32.6 Å². The number of rotatable bonds is 7. The van der Waals surface area contributed by atoms with E-state index in [1.54, 1.807) is 0 Å². The summed E-state index contributed by atoms with van der Waals surface area (Å²) < 4.78 is 11.0. The van der Waals surface area contributed by atoms with Crippen LogP contribution in [0.25, 0.3) is 0 Å². The van der Waals surface area contributed by atoms with Crippen LogP contribution in [0.4, 0.5) is 5.95 Å². The number of anilines is 1. The minimum Gasteiger partial charge on any atom is -0.493 e. The van der Waals surface area contributed by atoms with Crippen molar-refractivity contribution in [1.29, 1.82) is 0 Å². The van der Waals surface area contributed by atoms with E-state index in [1.807, 2.05) is 44.2 Å². The largest absolute Gasteiger partial charge is 0.493 e. The average molecular weight is 287 g/mol. The first-order chi connectivity index (χ1) is 10.2. The molecule has 1 aromatic carbocycles. The monoisotopic (exact) mass is 287 g/mol. The topological polar surface area (TPSA) is 60.2 Å². The lowest BCUT2D eigenvalue weighted by Crippen LogP contribution is -2.23. The molecule has 2 aromatic rings. The Hall–Kier alpha value is -2.04. The molecular formula is C16H21N3O2. The molecule has 0 atom stereocenters. The molecular weight excluding hydrogens is 266 g/mol. The van der Waals surface area contributed by atoms with Gasteiger partial charge in [-0.1, -0.05) is 32.0 Å². The minimum absolute atomic E-state index is 0.203. The number of benzene rings is 1. The van der Waals surface area contributed by atoms with Crippen molar-refractivity contribution < 1.29 is 9.26 Å². The smallest absolute Gasteiger partial charge is 0.263 e. The number of hydrogen-bond acceptors (Lipinski definition) is 5.